The van der Waals surface area contributed by atoms with Crippen LogP contribution in [0.15, 0.2) is 64.6 Å². The van der Waals surface area contributed by atoms with E-state index in [2.05, 4.69) is 20.0 Å². The van der Waals surface area contributed by atoms with Gasteiger partial charge >= 0.3 is 0 Å². The van der Waals surface area contributed by atoms with Gasteiger partial charge in [-0.05, 0) is 36.8 Å². The van der Waals surface area contributed by atoms with Crippen LogP contribution in [0.4, 0.5) is 0 Å². The van der Waals surface area contributed by atoms with Crippen molar-refractivity contribution < 1.29 is 13.2 Å². The molecule has 28 heavy (non-hydrogen) atoms. The third-order valence-corrected chi connectivity index (χ3v) is 5.77. The van der Waals surface area contributed by atoms with E-state index in [1.807, 2.05) is 19.1 Å². The van der Waals surface area contributed by atoms with Gasteiger partial charge in [0, 0.05) is 5.56 Å². The number of aliphatic imine (C=N–C) groups is 1. The summed E-state index contributed by atoms with van der Waals surface area (Å²) in [4.78, 5) is 15.9. The largest absolute Gasteiger partial charge is 0.364 e. The maximum Gasteiger partial charge on any atom is 0.270 e. The van der Waals surface area contributed by atoms with Crippen LogP contribution >= 0.6 is 0 Å². The molecule has 0 bridgehead atoms. The number of amidine groups is 1. The van der Waals surface area contributed by atoms with E-state index in [1.54, 1.807) is 36.4 Å². The molecule has 1 aliphatic rings. The first-order chi connectivity index (χ1) is 13.3. The Hall–Kier alpha value is -3.53. The predicted molar refractivity (Wildman–Crippen MR) is 102 cm³/mol. The number of carbonyl (C=O) groups excluding carboxylic acids is 1. The molecule has 0 unspecified atom stereocenters. The third-order valence-electron chi connectivity index (χ3n) is 4.37. The highest BCUT2D eigenvalue weighted by atomic mass is 32.2. The summed E-state index contributed by atoms with van der Waals surface area (Å²) in [5.74, 6) is -0.318. The second kappa shape index (κ2) is 6.57. The van der Waals surface area contributed by atoms with E-state index < -0.39 is 15.9 Å². The van der Waals surface area contributed by atoms with Gasteiger partial charge in [0.1, 0.15) is 5.84 Å². The van der Waals surface area contributed by atoms with E-state index in [0.717, 1.165) is 5.56 Å². The number of benzene rings is 2. The number of hydrogen-bond donors (Lipinski definition) is 2. The molecule has 142 valence electrons. The Kier molecular flexibility index (Phi) is 4.19. The Balaban J connectivity index is 1.60. The summed E-state index contributed by atoms with van der Waals surface area (Å²) in [6, 6.07) is 13.8. The molecular formula is C18H16N6O3S. The van der Waals surface area contributed by atoms with Crippen molar-refractivity contribution in [2.45, 2.75) is 17.9 Å². The quantitative estimate of drug-likeness (QED) is 0.683. The van der Waals surface area contributed by atoms with Crippen molar-refractivity contribution in [2.24, 2.45) is 10.7 Å². The summed E-state index contributed by atoms with van der Waals surface area (Å²) in [6.45, 7) is 1.87. The number of nitrogens with two attached hydrogens (primary N) is 1. The zero-order valence-electron chi connectivity index (χ0n) is 14.8. The molecule has 0 saturated heterocycles. The smallest absolute Gasteiger partial charge is 0.270 e. The van der Waals surface area contributed by atoms with Crippen LogP contribution in [0.5, 0.6) is 0 Å². The molecule has 1 aliphatic heterocycles. The lowest BCUT2D eigenvalue weighted by molar-refractivity contribution is 0.0995. The van der Waals surface area contributed by atoms with E-state index in [0.29, 0.717) is 17.1 Å². The van der Waals surface area contributed by atoms with E-state index in [9.17, 15) is 13.2 Å². The topological polar surface area (TPSA) is 132 Å². The number of hydrogen-bond acceptors (Lipinski definition) is 6. The number of primary amides is 1. The highest BCUT2D eigenvalue weighted by Crippen LogP contribution is 2.25. The zero-order chi connectivity index (χ0) is 19.9. The molecule has 0 spiro atoms. The van der Waals surface area contributed by atoms with E-state index in [4.69, 9.17) is 5.73 Å². The first-order valence-electron chi connectivity index (χ1n) is 8.38. The van der Waals surface area contributed by atoms with Crippen LogP contribution in [0.3, 0.4) is 0 Å². The molecule has 1 aromatic heterocycles. The molecule has 0 aliphatic carbocycles. The van der Waals surface area contributed by atoms with Crippen LogP contribution in [0.25, 0.3) is 5.69 Å². The molecule has 4 rings (SSSR count). The summed E-state index contributed by atoms with van der Waals surface area (Å²) < 4.78 is 28.3. The minimum absolute atomic E-state index is 0.0797. The van der Waals surface area contributed by atoms with Gasteiger partial charge in [-0.3, -0.25) is 14.5 Å². The van der Waals surface area contributed by atoms with E-state index >= 15 is 0 Å². The van der Waals surface area contributed by atoms with E-state index in [1.165, 1.54) is 10.9 Å². The molecule has 3 N–H and O–H groups in total. The van der Waals surface area contributed by atoms with Gasteiger partial charge in [0.25, 0.3) is 15.9 Å². The van der Waals surface area contributed by atoms with Crippen molar-refractivity contribution in [1.29, 1.82) is 0 Å². The average Bonchev–Trinajstić information content (AvgIpc) is 3.26. The van der Waals surface area contributed by atoms with Gasteiger partial charge < -0.3 is 5.73 Å². The summed E-state index contributed by atoms with van der Waals surface area (Å²) in [5, 5.41) is 7.57. The molecule has 0 radical (unpaired) electrons. The predicted octanol–water partition coefficient (Wildman–Crippen LogP) is 1.17. The fourth-order valence-corrected chi connectivity index (χ4v) is 4.15. The highest BCUT2D eigenvalue weighted by molar-refractivity contribution is 7.90. The summed E-state index contributed by atoms with van der Waals surface area (Å²) >= 11 is 0. The molecule has 1 amide bonds. The van der Waals surface area contributed by atoms with Crippen molar-refractivity contribution in [1.82, 2.24) is 19.7 Å². The zero-order valence-corrected chi connectivity index (χ0v) is 15.6. The number of amides is 1. The Morgan fingerprint density at radius 2 is 1.89 bits per heavy atom. The summed E-state index contributed by atoms with van der Waals surface area (Å²) in [6.07, 6.45) is 1.45. The number of sulfonamides is 1. The van der Waals surface area contributed by atoms with Gasteiger partial charge in [0.2, 0.25) is 0 Å². The first-order valence-corrected chi connectivity index (χ1v) is 9.86. The van der Waals surface area contributed by atoms with Crippen molar-refractivity contribution in [3.05, 3.63) is 71.5 Å². The van der Waals surface area contributed by atoms with Gasteiger partial charge in [0.05, 0.1) is 22.8 Å². The van der Waals surface area contributed by atoms with Crippen LogP contribution in [0.1, 0.15) is 34.6 Å². The van der Waals surface area contributed by atoms with Crippen LogP contribution in [0.2, 0.25) is 0 Å². The Morgan fingerprint density at radius 1 is 1.18 bits per heavy atom. The molecule has 9 nitrogen and oxygen atoms in total. The Labute approximate surface area is 161 Å². The number of carbonyl (C=O) groups is 1. The van der Waals surface area contributed by atoms with Gasteiger partial charge in [-0.25, -0.2) is 13.1 Å². The van der Waals surface area contributed by atoms with E-state index in [-0.39, 0.29) is 16.6 Å². The Morgan fingerprint density at radius 3 is 2.57 bits per heavy atom. The SMILES string of the molecule is C[C@@H](N=C1NS(=O)(=O)c2ccccc21)c1ccc(-n2cc(C(N)=O)nn2)cc1. The van der Waals surface area contributed by atoms with Gasteiger partial charge in [-0.2, -0.15) is 0 Å². The molecule has 10 heteroatoms. The monoisotopic (exact) mass is 396 g/mol. The van der Waals surface area contributed by atoms with Gasteiger partial charge in [-0.15, -0.1) is 5.10 Å². The number of fused-ring (bicyclic) bond motifs is 1. The van der Waals surface area contributed by atoms with Crippen LogP contribution in [0, 0.1) is 0 Å². The average molecular weight is 396 g/mol. The minimum Gasteiger partial charge on any atom is -0.364 e. The number of nitrogens with zero attached hydrogens (tertiary/aromatic N) is 4. The van der Waals surface area contributed by atoms with Gasteiger partial charge in [0.15, 0.2) is 5.69 Å². The molecule has 3 aromatic rings. The molecule has 0 saturated carbocycles. The van der Waals surface area contributed by atoms with Crippen LogP contribution in [-0.2, 0) is 10.0 Å². The fraction of sp³-hybridized carbons (Fsp3) is 0.111. The molecule has 2 aromatic carbocycles. The molecule has 2 heterocycles. The lowest BCUT2D eigenvalue weighted by atomic mass is 10.1. The normalized spacial score (nSPS) is 17.1. The third kappa shape index (κ3) is 3.14. The molecule has 0 fully saturated rings. The van der Waals surface area contributed by atoms with Crippen molar-refractivity contribution >= 4 is 21.8 Å². The fourth-order valence-electron chi connectivity index (χ4n) is 2.91. The summed E-state index contributed by atoms with van der Waals surface area (Å²) in [5.41, 5.74) is 7.41. The van der Waals surface area contributed by atoms with Crippen molar-refractivity contribution in [3.63, 3.8) is 0 Å². The second-order valence-corrected chi connectivity index (χ2v) is 7.91. The summed E-state index contributed by atoms with van der Waals surface area (Å²) in [7, 11) is -3.57. The number of aromatic nitrogens is 3. The number of rotatable bonds is 4. The van der Waals surface area contributed by atoms with Crippen molar-refractivity contribution in [3.8, 4) is 5.69 Å². The maximum absolute atomic E-state index is 12.2. The van der Waals surface area contributed by atoms with Crippen molar-refractivity contribution in [2.75, 3.05) is 0 Å². The molecule has 1 atom stereocenters. The Bertz CT molecular complexity index is 1200. The second-order valence-electron chi connectivity index (χ2n) is 6.26. The maximum atomic E-state index is 12.2. The lowest BCUT2D eigenvalue weighted by Crippen LogP contribution is -2.22. The molecular weight excluding hydrogens is 380 g/mol. The van der Waals surface area contributed by atoms with Gasteiger partial charge in [-0.1, -0.05) is 29.5 Å². The first kappa shape index (κ1) is 17.9. The lowest BCUT2D eigenvalue weighted by Gasteiger charge is -2.10. The van der Waals surface area contributed by atoms with Crippen LogP contribution in [-0.4, -0.2) is 35.2 Å². The standard InChI is InChI=1S/C18H16N6O3S/c1-11(20-18-14-4-2-3-5-16(14)28(26,27)22-18)12-6-8-13(9-7-12)24-10-15(17(19)25)21-23-24/h2-11H,1H3,(H2,19,25)(H,20,22)/t11-/m1/s1. The van der Waals surface area contributed by atoms with Crippen LogP contribution < -0.4 is 10.5 Å². The number of nitrogens with one attached hydrogen (secondary N) is 1. The highest BCUT2D eigenvalue weighted by Gasteiger charge is 2.30. The minimum atomic E-state index is -3.57.